The van der Waals surface area contributed by atoms with E-state index in [1.807, 2.05) is 18.2 Å². The Morgan fingerprint density at radius 2 is 0.882 bits per heavy atom. The van der Waals surface area contributed by atoms with E-state index in [9.17, 15) is 25.2 Å². The van der Waals surface area contributed by atoms with Crippen LogP contribution in [0.5, 0.6) is 0 Å². The van der Waals surface area contributed by atoms with Crippen LogP contribution in [0.4, 0.5) is 25.2 Å². The summed E-state index contributed by atoms with van der Waals surface area (Å²) < 4.78 is 59.2. The number of hydrogen-bond donors (Lipinski definition) is 1. The summed E-state index contributed by atoms with van der Waals surface area (Å²) in [5.41, 5.74) is 0. The van der Waals surface area contributed by atoms with Gasteiger partial charge in [-0.25, -0.2) is 0 Å². The molecule has 0 atom stereocenters. The second-order valence-electron chi connectivity index (χ2n) is 3.19. The molecule has 0 fully saturated rings. The van der Waals surface area contributed by atoms with Gasteiger partial charge in [0.15, 0.2) is 0 Å². The zero-order valence-corrected chi connectivity index (χ0v) is 10.1. The van der Waals surface area contributed by atoms with E-state index in [4.69, 9.17) is 0 Å². The van der Waals surface area contributed by atoms with Gasteiger partial charge < -0.3 is 4.90 Å². The van der Waals surface area contributed by atoms with Crippen molar-refractivity contribution >= 4 is 7.81 Å². The summed E-state index contributed by atoms with van der Waals surface area (Å²) in [7, 11) is -10.7. The zero-order chi connectivity index (χ0) is 14.2. The molecule has 0 aromatic carbocycles. The van der Waals surface area contributed by atoms with Gasteiger partial charge in [-0.1, -0.05) is 19.7 Å². The molecule has 0 aromatic heterocycles. The van der Waals surface area contributed by atoms with Crippen molar-refractivity contribution in [3.63, 3.8) is 0 Å². The van der Waals surface area contributed by atoms with Crippen LogP contribution in [0.1, 0.15) is 0 Å². The van der Waals surface area contributed by atoms with E-state index < -0.39 is 7.81 Å². The Hall–Kier alpha value is -0.810. The minimum absolute atomic E-state index is 0.984. The van der Waals surface area contributed by atoms with Crippen molar-refractivity contribution < 1.29 is 30.1 Å². The monoisotopic (exact) mass is 283 g/mol. The molecule has 0 amide bonds. The maximum atomic E-state index is 9.87. The molecule has 0 aliphatic carbocycles. The molecule has 104 valence electrons. The molecule has 0 rings (SSSR count). The van der Waals surface area contributed by atoms with Gasteiger partial charge in [0.2, 0.25) is 0 Å². The van der Waals surface area contributed by atoms with E-state index in [1.54, 1.807) is 0 Å². The van der Waals surface area contributed by atoms with Gasteiger partial charge in [-0.3, -0.25) is 0 Å². The molecule has 0 aliphatic heterocycles. The number of halogens is 6. The second-order valence-corrected chi connectivity index (χ2v) is 5.10. The fraction of sp³-hybridized carbons (Fsp3) is 0.333. The third-order valence-electron chi connectivity index (χ3n) is 1.30. The van der Waals surface area contributed by atoms with Crippen LogP contribution in [-0.4, -0.2) is 19.6 Å². The van der Waals surface area contributed by atoms with Crippen molar-refractivity contribution in [2.24, 2.45) is 0 Å². The Morgan fingerprint density at radius 3 is 1.00 bits per heavy atom. The summed E-state index contributed by atoms with van der Waals surface area (Å²) in [4.78, 5) is 1.43. The first-order valence-corrected chi connectivity index (χ1v) is 6.55. The van der Waals surface area contributed by atoms with Gasteiger partial charge in [-0.15, -0.1) is 0 Å². The minimum atomic E-state index is -10.7. The van der Waals surface area contributed by atoms with E-state index in [2.05, 4.69) is 19.7 Å². The van der Waals surface area contributed by atoms with Crippen LogP contribution in [0.3, 0.4) is 0 Å². The van der Waals surface area contributed by atoms with Gasteiger partial charge in [0, 0.05) is 0 Å². The van der Waals surface area contributed by atoms with Crippen molar-refractivity contribution in [2.75, 3.05) is 19.6 Å². The SMILES string of the molecule is C=CC[NH+](CC=C)CC=C.F[P-](F)(F)(F)(F)F. The molecule has 0 radical (unpaired) electrons. The Kier molecular flexibility index (Phi) is 6.21. The summed E-state index contributed by atoms with van der Waals surface area (Å²) in [6.45, 7) is 14.0. The molecule has 0 spiro atoms. The van der Waals surface area contributed by atoms with E-state index in [-0.39, 0.29) is 0 Å². The van der Waals surface area contributed by atoms with Gasteiger partial charge in [0.25, 0.3) is 0 Å². The van der Waals surface area contributed by atoms with Crippen molar-refractivity contribution in [3.05, 3.63) is 38.0 Å². The standard InChI is InChI=1S/C9H15N.F6P/c1-4-7-10(8-5-2)9-6-3;1-7(2,3,4,5)6/h4-6H,1-3,7-9H2;/q;-1/p+1. The predicted octanol–water partition coefficient (Wildman–Crippen LogP) is 3.81. The van der Waals surface area contributed by atoms with Crippen LogP contribution in [0.15, 0.2) is 38.0 Å². The molecule has 0 saturated carbocycles. The molecule has 0 aromatic rings. The molecular weight excluding hydrogens is 267 g/mol. The van der Waals surface area contributed by atoms with E-state index in [1.165, 1.54) is 4.90 Å². The Morgan fingerprint density at radius 1 is 0.706 bits per heavy atom. The maximum absolute atomic E-state index is 10.7. The Bertz CT molecular complexity index is 231. The van der Waals surface area contributed by atoms with Gasteiger partial charge >= 0.3 is 33.0 Å². The van der Waals surface area contributed by atoms with Gasteiger partial charge in [0.1, 0.15) is 0 Å². The first kappa shape index (κ1) is 18.6. The summed E-state index contributed by atoms with van der Waals surface area (Å²) in [6.07, 6.45) is 5.76. The molecule has 1 nitrogen and oxygen atoms in total. The van der Waals surface area contributed by atoms with Crippen LogP contribution in [-0.2, 0) is 0 Å². The van der Waals surface area contributed by atoms with Gasteiger partial charge in [-0.05, 0) is 18.2 Å². The van der Waals surface area contributed by atoms with Crippen molar-refractivity contribution in [1.29, 1.82) is 0 Å². The van der Waals surface area contributed by atoms with Crippen LogP contribution in [0.25, 0.3) is 0 Å². The molecule has 0 unspecified atom stereocenters. The molecule has 0 aliphatic rings. The molecular formula is C9H16F6NP. The van der Waals surface area contributed by atoms with Crippen molar-refractivity contribution in [3.8, 4) is 0 Å². The first-order valence-electron chi connectivity index (χ1n) is 4.52. The van der Waals surface area contributed by atoms with Crippen LogP contribution in [0, 0.1) is 0 Å². The fourth-order valence-electron chi connectivity index (χ4n) is 0.862. The molecule has 0 heterocycles. The summed E-state index contributed by atoms with van der Waals surface area (Å²) in [5.74, 6) is 0. The van der Waals surface area contributed by atoms with Crippen molar-refractivity contribution in [1.82, 2.24) is 0 Å². The summed E-state index contributed by atoms with van der Waals surface area (Å²) in [6, 6.07) is 0. The first-order chi connectivity index (χ1) is 7.30. The van der Waals surface area contributed by atoms with Crippen LogP contribution < -0.4 is 4.90 Å². The van der Waals surface area contributed by atoms with Crippen LogP contribution in [0.2, 0.25) is 0 Å². The Balaban J connectivity index is 0. The molecule has 8 heteroatoms. The third-order valence-corrected chi connectivity index (χ3v) is 1.30. The van der Waals surface area contributed by atoms with E-state index in [0.29, 0.717) is 0 Å². The average Bonchev–Trinajstić information content (AvgIpc) is 1.99. The number of nitrogens with one attached hydrogen (secondary N) is 1. The van der Waals surface area contributed by atoms with Gasteiger partial charge in [-0.2, -0.15) is 0 Å². The predicted molar refractivity (Wildman–Crippen MR) is 59.7 cm³/mol. The zero-order valence-electron chi connectivity index (χ0n) is 9.19. The third kappa shape index (κ3) is 39.4. The molecule has 0 saturated heterocycles. The van der Waals surface area contributed by atoms with Crippen molar-refractivity contribution in [2.45, 2.75) is 0 Å². The fourth-order valence-corrected chi connectivity index (χ4v) is 0.862. The van der Waals surface area contributed by atoms with Gasteiger partial charge in [0.05, 0.1) is 19.6 Å². The molecule has 1 N–H and O–H groups in total. The Labute approximate surface area is 96.3 Å². The average molecular weight is 283 g/mol. The quantitative estimate of drug-likeness (QED) is 0.429. The normalized spacial score (nSPS) is 15.0. The molecule has 0 bridgehead atoms. The molecule has 17 heavy (non-hydrogen) atoms. The second kappa shape index (κ2) is 5.69. The van der Waals surface area contributed by atoms with E-state index >= 15 is 0 Å². The topological polar surface area (TPSA) is 4.44 Å². The van der Waals surface area contributed by atoms with Crippen LogP contribution >= 0.6 is 7.81 Å². The number of hydrogen-bond acceptors (Lipinski definition) is 0. The number of rotatable bonds is 6. The number of quaternary nitrogens is 1. The van der Waals surface area contributed by atoms with E-state index in [0.717, 1.165) is 19.6 Å². The summed E-state index contributed by atoms with van der Waals surface area (Å²) in [5, 5.41) is 0. The summed E-state index contributed by atoms with van der Waals surface area (Å²) >= 11 is 0.